The third-order valence-electron chi connectivity index (χ3n) is 6.74. The van der Waals surface area contributed by atoms with Gasteiger partial charge in [0.05, 0.1) is 19.7 Å². The number of hydrogen-bond donors (Lipinski definition) is 0. The van der Waals surface area contributed by atoms with Gasteiger partial charge < -0.3 is 4.74 Å². The molecule has 3 heterocycles. The van der Waals surface area contributed by atoms with Crippen LogP contribution in [0.3, 0.4) is 0 Å². The first-order valence-corrected chi connectivity index (χ1v) is 11.7. The summed E-state index contributed by atoms with van der Waals surface area (Å²) in [6.07, 6.45) is 3.37. The topological polar surface area (TPSA) is 58.6 Å². The number of methoxy groups -OCH3 is 1. The van der Waals surface area contributed by atoms with E-state index in [2.05, 4.69) is 36.1 Å². The van der Waals surface area contributed by atoms with Crippen LogP contribution in [0.25, 0.3) is 0 Å². The van der Waals surface area contributed by atoms with Crippen molar-refractivity contribution in [1.82, 2.24) is 14.9 Å². The summed E-state index contributed by atoms with van der Waals surface area (Å²) in [6.45, 7) is 4.47. The Morgan fingerprint density at radius 2 is 1.73 bits per heavy atom. The molecule has 1 saturated heterocycles. The molecule has 6 nitrogen and oxygen atoms in total. The molecule has 1 atom stereocenters. The van der Waals surface area contributed by atoms with E-state index < -0.39 is 0 Å². The summed E-state index contributed by atoms with van der Waals surface area (Å²) in [5, 5.41) is 0. The van der Waals surface area contributed by atoms with E-state index in [0.717, 1.165) is 60.1 Å². The second kappa shape index (κ2) is 9.32. The van der Waals surface area contributed by atoms with E-state index in [4.69, 9.17) is 14.7 Å². The largest absolute Gasteiger partial charge is 0.497 e. The number of nitrogens with zero attached hydrogens (tertiary/aromatic N) is 4. The van der Waals surface area contributed by atoms with Crippen LogP contribution in [0.5, 0.6) is 5.75 Å². The van der Waals surface area contributed by atoms with Gasteiger partial charge in [-0.15, -0.1) is 0 Å². The van der Waals surface area contributed by atoms with Crippen LogP contribution in [0.2, 0.25) is 0 Å². The Bertz CT molecular complexity index is 1130. The number of anilines is 1. The molecule has 0 unspecified atom stereocenters. The highest BCUT2D eigenvalue weighted by Crippen LogP contribution is 2.35. The van der Waals surface area contributed by atoms with E-state index in [-0.39, 0.29) is 11.9 Å². The van der Waals surface area contributed by atoms with Gasteiger partial charge in [0.1, 0.15) is 17.4 Å². The van der Waals surface area contributed by atoms with Gasteiger partial charge in [0.2, 0.25) is 5.91 Å². The van der Waals surface area contributed by atoms with Crippen LogP contribution >= 0.6 is 0 Å². The van der Waals surface area contributed by atoms with E-state index >= 15 is 0 Å². The molecule has 2 aromatic carbocycles. The van der Waals surface area contributed by atoms with Gasteiger partial charge in [-0.05, 0) is 56.0 Å². The lowest BCUT2D eigenvalue weighted by atomic mass is 10.0. The number of ether oxygens (including phenoxy) is 1. The monoisotopic (exact) mass is 442 g/mol. The molecule has 6 heteroatoms. The standard InChI is InChI=1S/C27H30N4O2/c1-19-23-14-15-25(32)31(18-20-7-4-3-5-8-20)27(23)29-26(28-19)24-9-6-16-30(24)17-21-10-12-22(33-2)13-11-21/h3-5,7-8,10-13,24H,6,9,14-18H2,1-2H3/t24-/m1/s1. The number of aryl methyl sites for hydroxylation is 1. The number of carbonyl (C=O) groups excluding carboxylic acids is 1. The molecule has 0 spiro atoms. The van der Waals surface area contributed by atoms with E-state index in [1.165, 1.54) is 5.56 Å². The van der Waals surface area contributed by atoms with Crippen molar-refractivity contribution in [2.24, 2.45) is 0 Å². The Morgan fingerprint density at radius 1 is 0.970 bits per heavy atom. The molecule has 5 rings (SSSR count). The lowest BCUT2D eigenvalue weighted by Gasteiger charge is -2.31. The molecular formula is C27H30N4O2. The van der Waals surface area contributed by atoms with Gasteiger partial charge in [0.15, 0.2) is 0 Å². The fourth-order valence-corrected chi connectivity index (χ4v) is 4.95. The SMILES string of the molecule is COc1ccc(CN2CCC[C@@H]2c2nc(C)c3c(n2)N(Cc2ccccc2)C(=O)CC3)cc1. The van der Waals surface area contributed by atoms with Crippen molar-refractivity contribution in [2.75, 3.05) is 18.6 Å². The fraction of sp³-hybridized carbons (Fsp3) is 0.370. The zero-order valence-corrected chi connectivity index (χ0v) is 19.3. The molecule has 1 aromatic heterocycles. The lowest BCUT2D eigenvalue weighted by Crippen LogP contribution is -2.37. The maximum Gasteiger partial charge on any atom is 0.228 e. The van der Waals surface area contributed by atoms with Crippen LogP contribution in [0, 0.1) is 6.92 Å². The van der Waals surface area contributed by atoms with E-state index in [0.29, 0.717) is 19.4 Å². The number of likely N-dealkylation sites (tertiary alicyclic amines) is 1. The second-order valence-electron chi connectivity index (χ2n) is 8.91. The summed E-state index contributed by atoms with van der Waals surface area (Å²) >= 11 is 0. The smallest absolute Gasteiger partial charge is 0.228 e. The Balaban J connectivity index is 1.43. The molecule has 3 aromatic rings. The predicted octanol–water partition coefficient (Wildman–Crippen LogP) is 4.61. The Hall–Kier alpha value is -3.25. The van der Waals surface area contributed by atoms with Crippen LogP contribution in [-0.2, 0) is 24.3 Å². The fourth-order valence-electron chi connectivity index (χ4n) is 4.95. The number of benzene rings is 2. The third kappa shape index (κ3) is 4.48. The first-order valence-electron chi connectivity index (χ1n) is 11.7. The molecule has 1 fully saturated rings. The van der Waals surface area contributed by atoms with Crippen LogP contribution in [0.4, 0.5) is 5.82 Å². The van der Waals surface area contributed by atoms with Gasteiger partial charge in [0.25, 0.3) is 0 Å². The van der Waals surface area contributed by atoms with Gasteiger partial charge >= 0.3 is 0 Å². The summed E-state index contributed by atoms with van der Waals surface area (Å²) in [7, 11) is 1.69. The van der Waals surface area contributed by atoms with Crippen molar-refractivity contribution in [1.29, 1.82) is 0 Å². The molecule has 0 aliphatic carbocycles. The maximum absolute atomic E-state index is 12.9. The van der Waals surface area contributed by atoms with Gasteiger partial charge in [-0.1, -0.05) is 42.5 Å². The molecule has 2 aliphatic heterocycles. The van der Waals surface area contributed by atoms with E-state index in [1.54, 1.807) is 7.11 Å². The van der Waals surface area contributed by atoms with Crippen molar-refractivity contribution in [3.63, 3.8) is 0 Å². The zero-order chi connectivity index (χ0) is 22.8. The number of fused-ring (bicyclic) bond motifs is 1. The summed E-state index contributed by atoms with van der Waals surface area (Å²) in [6, 6.07) is 18.5. The van der Waals surface area contributed by atoms with Gasteiger partial charge in [-0.2, -0.15) is 0 Å². The van der Waals surface area contributed by atoms with Crippen LogP contribution in [-0.4, -0.2) is 34.4 Å². The van der Waals surface area contributed by atoms with Crippen molar-refractivity contribution in [2.45, 2.75) is 51.7 Å². The van der Waals surface area contributed by atoms with Crippen LogP contribution < -0.4 is 9.64 Å². The Labute approximate surface area is 195 Å². The number of aromatic nitrogens is 2. The van der Waals surface area contributed by atoms with Gasteiger partial charge in [0, 0.05) is 24.2 Å². The second-order valence-corrected chi connectivity index (χ2v) is 8.91. The molecule has 0 N–H and O–H groups in total. The summed E-state index contributed by atoms with van der Waals surface area (Å²) in [5.41, 5.74) is 4.46. The van der Waals surface area contributed by atoms with Crippen molar-refractivity contribution < 1.29 is 9.53 Å². The molecule has 33 heavy (non-hydrogen) atoms. The number of hydrogen-bond acceptors (Lipinski definition) is 5. The van der Waals surface area contributed by atoms with Crippen LogP contribution in [0.1, 0.15) is 53.5 Å². The molecule has 0 saturated carbocycles. The van der Waals surface area contributed by atoms with Crippen molar-refractivity contribution in [3.05, 3.63) is 82.8 Å². The van der Waals surface area contributed by atoms with Gasteiger partial charge in [-0.3, -0.25) is 14.6 Å². The highest BCUT2D eigenvalue weighted by molar-refractivity contribution is 5.95. The average molecular weight is 443 g/mol. The lowest BCUT2D eigenvalue weighted by molar-refractivity contribution is -0.119. The Morgan fingerprint density at radius 3 is 2.48 bits per heavy atom. The highest BCUT2D eigenvalue weighted by Gasteiger charge is 2.33. The summed E-state index contributed by atoms with van der Waals surface area (Å²) in [5.74, 6) is 2.64. The number of rotatable bonds is 6. The molecular weight excluding hydrogens is 412 g/mol. The molecule has 0 radical (unpaired) electrons. The number of carbonyl (C=O) groups is 1. The molecule has 0 bridgehead atoms. The quantitative estimate of drug-likeness (QED) is 0.558. The van der Waals surface area contributed by atoms with Crippen molar-refractivity contribution >= 4 is 11.7 Å². The molecule has 1 amide bonds. The zero-order valence-electron chi connectivity index (χ0n) is 19.3. The molecule has 2 aliphatic rings. The van der Waals surface area contributed by atoms with E-state index in [9.17, 15) is 4.79 Å². The van der Waals surface area contributed by atoms with Crippen molar-refractivity contribution in [3.8, 4) is 5.75 Å². The maximum atomic E-state index is 12.9. The predicted molar refractivity (Wildman–Crippen MR) is 128 cm³/mol. The minimum Gasteiger partial charge on any atom is -0.497 e. The summed E-state index contributed by atoms with van der Waals surface area (Å²) < 4.78 is 5.29. The third-order valence-corrected chi connectivity index (χ3v) is 6.74. The average Bonchev–Trinajstić information content (AvgIpc) is 3.30. The van der Waals surface area contributed by atoms with E-state index in [1.807, 2.05) is 35.2 Å². The first kappa shape index (κ1) is 21.6. The Kier molecular flexibility index (Phi) is 6.09. The minimum atomic E-state index is 0.136. The summed E-state index contributed by atoms with van der Waals surface area (Å²) in [4.78, 5) is 27.2. The normalized spacial score (nSPS) is 18.4. The minimum absolute atomic E-state index is 0.136. The first-order chi connectivity index (χ1) is 16.1. The van der Waals surface area contributed by atoms with Gasteiger partial charge in [-0.25, -0.2) is 9.97 Å². The highest BCUT2D eigenvalue weighted by atomic mass is 16.5. The van der Waals surface area contributed by atoms with Crippen LogP contribution in [0.15, 0.2) is 54.6 Å². The number of amides is 1. The molecule has 170 valence electrons.